The molecule has 0 aromatic heterocycles. The molecule has 0 aliphatic heterocycles. The van der Waals surface area contributed by atoms with E-state index in [9.17, 15) is 9.90 Å². The van der Waals surface area contributed by atoms with Crippen molar-refractivity contribution in [1.29, 1.82) is 0 Å². The third-order valence-electron chi connectivity index (χ3n) is 2.70. The van der Waals surface area contributed by atoms with Gasteiger partial charge in [0.1, 0.15) is 6.04 Å². The molecule has 3 nitrogen and oxygen atoms in total. The molecule has 18 heavy (non-hydrogen) atoms. The highest BCUT2D eigenvalue weighted by Crippen LogP contribution is 2.11. The fourth-order valence-electron chi connectivity index (χ4n) is 1.79. The van der Waals surface area contributed by atoms with Gasteiger partial charge in [0.2, 0.25) is 0 Å². The maximum atomic E-state index is 11.2. The molecule has 1 atom stereocenters. The Hall–Kier alpha value is -2.29. The first-order valence-electron chi connectivity index (χ1n) is 5.84. The Morgan fingerprint density at radius 1 is 1.00 bits per heavy atom. The second kappa shape index (κ2) is 5.87. The largest absolute Gasteiger partial charge is 0.480 e. The van der Waals surface area contributed by atoms with Gasteiger partial charge >= 0.3 is 5.97 Å². The quantitative estimate of drug-likeness (QED) is 0.846. The number of aliphatic carboxylic acids is 1. The fraction of sp³-hybridized carbons (Fsp3) is 0.133. The number of hydrogen-bond acceptors (Lipinski definition) is 2. The maximum Gasteiger partial charge on any atom is 0.326 e. The van der Waals surface area contributed by atoms with E-state index in [2.05, 4.69) is 5.32 Å². The highest BCUT2D eigenvalue weighted by molar-refractivity contribution is 5.77. The molecule has 0 saturated heterocycles. The van der Waals surface area contributed by atoms with Crippen LogP contribution in [0, 0.1) is 0 Å². The third kappa shape index (κ3) is 3.35. The molecule has 2 aromatic rings. The molecule has 0 aliphatic rings. The monoisotopic (exact) mass is 241 g/mol. The Morgan fingerprint density at radius 3 is 2.11 bits per heavy atom. The molecule has 0 amide bonds. The maximum absolute atomic E-state index is 11.2. The van der Waals surface area contributed by atoms with Crippen LogP contribution in [0.3, 0.4) is 0 Å². The Morgan fingerprint density at radius 2 is 1.56 bits per heavy atom. The second-order valence-corrected chi connectivity index (χ2v) is 4.09. The zero-order valence-corrected chi connectivity index (χ0v) is 9.91. The lowest BCUT2D eigenvalue weighted by Crippen LogP contribution is -2.31. The van der Waals surface area contributed by atoms with Crippen molar-refractivity contribution in [2.45, 2.75) is 12.5 Å². The molecule has 2 aromatic carbocycles. The normalized spacial score (nSPS) is 11.8. The van der Waals surface area contributed by atoms with Crippen molar-refractivity contribution in [1.82, 2.24) is 0 Å². The summed E-state index contributed by atoms with van der Waals surface area (Å²) in [6.07, 6.45) is 0.463. The van der Waals surface area contributed by atoms with Crippen molar-refractivity contribution in [3.05, 3.63) is 66.2 Å². The topological polar surface area (TPSA) is 49.3 Å². The lowest BCUT2D eigenvalue weighted by atomic mass is 10.1. The van der Waals surface area contributed by atoms with Gasteiger partial charge in [-0.2, -0.15) is 0 Å². The third-order valence-corrected chi connectivity index (χ3v) is 2.70. The SMILES string of the molecule is O=C(O)[C@H](Cc1ccccc1)Nc1ccccc1. The first-order valence-corrected chi connectivity index (χ1v) is 5.84. The molecule has 0 bridgehead atoms. The van der Waals surface area contributed by atoms with Crippen molar-refractivity contribution in [3.63, 3.8) is 0 Å². The van der Waals surface area contributed by atoms with Crippen LogP contribution in [0.5, 0.6) is 0 Å². The van der Waals surface area contributed by atoms with Gasteiger partial charge in [0.15, 0.2) is 0 Å². The standard InChI is InChI=1S/C15H15NO2/c17-15(18)14(11-12-7-3-1-4-8-12)16-13-9-5-2-6-10-13/h1-10,14,16H,11H2,(H,17,18)/t14-/m0/s1. The van der Waals surface area contributed by atoms with Gasteiger partial charge in [-0.1, -0.05) is 48.5 Å². The molecule has 0 spiro atoms. The van der Waals surface area contributed by atoms with Crippen LogP contribution in [-0.4, -0.2) is 17.1 Å². The second-order valence-electron chi connectivity index (χ2n) is 4.09. The summed E-state index contributed by atoms with van der Waals surface area (Å²) >= 11 is 0. The van der Waals surface area contributed by atoms with Gasteiger partial charge in [0.25, 0.3) is 0 Å². The lowest BCUT2D eigenvalue weighted by Gasteiger charge is -2.15. The highest BCUT2D eigenvalue weighted by atomic mass is 16.4. The molecule has 2 rings (SSSR count). The summed E-state index contributed by atoms with van der Waals surface area (Å²) in [5.74, 6) is -0.845. The average Bonchev–Trinajstić information content (AvgIpc) is 2.40. The Kier molecular flexibility index (Phi) is 3.97. The molecular formula is C15H15NO2. The van der Waals surface area contributed by atoms with Crippen LogP contribution in [0.25, 0.3) is 0 Å². The number of benzene rings is 2. The minimum atomic E-state index is -0.845. The van der Waals surface area contributed by atoms with E-state index < -0.39 is 12.0 Å². The predicted octanol–water partition coefficient (Wildman–Crippen LogP) is 2.79. The Bertz CT molecular complexity index is 455. The van der Waals surface area contributed by atoms with Gasteiger partial charge < -0.3 is 10.4 Å². The molecule has 0 unspecified atom stereocenters. The van der Waals surface area contributed by atoms with Gasteiger partial charge in [-0.05, 0) is 17.7 Å². The molecule has 0 fully saturated rings. The van der Waals surface area contributed by atoms with Gasteiger partial charge in [-0.25, -0.2) is 4.79 Å². The van der Waals surface area contributed by atoms with Crippen molar-refractivity contribution >= 4 is 11.7 Å². The number of carboxylic acid groups (broad SMARTS) is 1. The number of carboxylic acids is 1. The lowest BCUT2D eigenvalue weighted by molar-refractivity contribution is -0.137. The number of hydrogen-bond donors (Lipinski definition) is 2. The smallest absolute Gasteiger partial charge is 0.326 e. The summed E-state index contributed by atoms with van der Waals surface area (Å²) in [4.78, 5) is 11.2. The fourth-order valence-corrected chi connectivity index (χ4v) is 1.79. The first kappa shape index (κ1) is 12.2. The molecule has 0 aliphatic carbocycles. The molecule has 2 N–H and O–H groups in total. The van der Waals surface area contributed by atoms with E-state index in [1.165, 1.54) is 0 Å². The molecule has 92 valence electrons. The van der Waals surface area contributed by atoms with Crippen LogP contribution < -0.4 is 5.32 Å². The van der Waals surface area contributed by atoms with E-state index in [-0.39, 0.29) is 0 Å². The van der Waals surface area contributed by atoms with E-state index in [0.717, 1.165) is 11.3 Å². The van der Waals surface area contributed by atoms with Crippen LogP contribution in [0.1, 0.15) is 5.56 Å². The number of nitrogens with one attached hydrogen (secondary N) is 1. The summed E-state index contributed by atoms with van der Waals surface area (Å²) in [5.41, 5.74) is 1.83. The van der Waals surface area contributed by atoms with Crippen LogP contribution >= 0.6 is 0 Å². The summed E-state index contributed by atoms with van der Waals surface area (Å²) in [6, 6.07) is 18.4. The predicted molar refractivity (Wildman–Crippen MR) is 71.6 cm³/mol. The number of para-hydroxylation sites is 1. The van der Waals surface area contributed by atoms with E-state index >= 15 is 0 Å². The zero-order valence-electron chi connectivity index (χ0n) is 9.91. The Labute approximate surface area is 106 Å². The average molecular weight is 241 g/mol. The van der Waals surface area contributed by atoms with E-state index in [1.807, 2.05) is 60.7 Å². The zero-order chi connectivity index (χ0) is 12.8. The van der Waals surface area contributed by atoms with Crippen LogP contribution in [-0.2, 0) is 11.2 Å². The summed E-state index contributed by atoms with van der Waals surface area (Å²) in [5, 5.41) is 12.3. The van der Waals surface area contributed by atoms with E-state index in [0.29, 0.717) is 6.42 Å². The van der Waals surface area contributed by atoms with Crippen LogP contribution in [0.4, 0.5) is 5.69 Å². The number of anilines is 1. The van der Waals surface area contributed by atoms with Gasteiger partial charge in [-0.15, -0.1) is 0 Å². The number of rotatable bonds is 5. The molecule has 0 saturated carbocycles. The Balaban J connectivity index is 2.08. The molecular weight excluding hydrogens is 226 g/mol. The highest BCUT2D eigenvalue weighted by Gasteiger charge is 2.17. The first-order chi connectivity index (χ1) is 8.75. The number of carbonyl (C=O) groups is 1. The van der Waals surface area contributed by atoms with Crippen molar-refractivity contribution < 1.29 is 9.90 Å². The molecule has 0 heterocycles. The summed E-state index contributed by atoms with van der Waals surface area (Å²) in [7, 11) is 0. The van der Waals surface area contributed by atoms with Crippen LogP contribution in [0.15, 0.2) is 60.7 Å². The van der Waals surface area contributed by atoms with E-state index in [4.69, 9.17) is 0 Å². The van der Waals surface area contributed by atoms with Crippen LogP contribution in [0.2, 0.25) is 0 Å². The molecule has 3 heteroatoms. The van der Waals surface area contributed by atoms with Gasteiger partial charge in [0, 0.05) is 12.1 Å². The van der Waals surface area contributed by atoms with Crippen molar-refractivity contribution in [2.75, 3.05) is 5.32 Å². The minimum absolute atomic E-state index is 0.463. The summed E-state index contributed by atoms with van der Waals surface area (Å²) in [6.45, 7) is 0. The molecule has 0 radical (unpaired) electrons. The van der Waals surface area contributed by atoms with E-state index in [1.54, 1.807) is 0 Å². The van der Waals surface area contributed by atoms with Gasteiger partial charge in [-0.3, -0.25) is 0 Å². The van der Waals surface area contributed by atoms with Gasteiger partial charge in [0.05, 0.1) is 0 Å². The summed E-state index contributed by atoms with van der Waals surface area (Å²) < 4.78 is 0. The minimum Gasteiger partial charge on any atom is -0.480 e. The van der Waals surface area contributed by atoms with Crippen molar-refractivity contribution in [2.24, 2.45) is 0 Å². The van der Waals surface area contributed by atoms with Crippen molar-refractivity contribution in [3.8, 4) is 0 Å².